The zero-order valence-electron chi connectivity index (χ0n) is 20.4. The summed E-state index contributed by atoms with van der Waals surface area (Å²) in [5, 5.41) is 9.07. The van der Waals surface area contributed by atoms with Gasteiger partial charge in [-0.25, -0.2) is 12.8 Å². The predicted molar refractivity (Wildman–Crippen MR) is 137 cm³/mol. The first-order chi connectivity index (χ1) is 17.0. The fraction of sp³-hybridized carbons (Fsp3) is 0.185. The number of hydrogen-bond acceptors (Lipinski definition) is 5. The minimum absolute atomic E-state index is 0.0256. The van der Waals surface area contributed by atoms with Gasteiger partial charge >= 0.3 is 0 Å². The van der Waals surface area contributed by atoms with E-state index < -0.39 is 26.4 Å². The van der Waals surface area contributed by atoms with Crippen molar-refractivity contribution in [2.24, 2.45) is 0 Å². The van der Waals surface area contributed by atoms with Gasteiger partial charge in [-0.2, -0.15) is 5.10 Å². The summed E-state index contributed by atoms with van der Waals surface area (Å²) >= 11 is 0. The Morgan fingerprint density at radius 2 is 1.64 bits per heavy atom. The minimum Gasteiger partial charge on any atom is -0.399 e. The Labute approximate surface area is 209 Å². The van der Waals surface area contributed by atoms with Gasteiger partial charge in [0, 0.05) is 23.0 Å². The first kappa shape index (κ1) is 25.1. The molecule has 36 heavy (non-hydrogen) atoms. The molecule has 186 valence electrons. The standard InChI is InChI=1S/C27H27FN4O3S/c1-16-13-18(3)24(19(4)14-16)27(22-10-5-7-17(2)25(22)28,31-26(33)23-11-12-30-32-23)36(34,35)21-9-6-8-20(29)15-21/h5-15H,29H2,1-4H3,(H,30,32)(H,31,33). The van der Waals surface area contributed by atoms with E-state index in [1.807, 2.05) is 19.1 Å². The first-order valence-electron chi connectivity index (χ1n) is 11.2. The lowest BCUT2D eigenvalue weighted by atomic mass is 9.88. The number of amides is 1. The van der Waals surface area contributed by atoms with Crippen LogP contribution in [-0.4, -0.2) is 24.5 Å². The second-order valence-electron chi connectivity index (χ2n) is 8.89. The Bertz CT molecular complexity index is 1540. The molecule has 4 aromatic rings. The van der Waals surface area contributed by atoms with Crippen molar-refractivity contribution in [2.45, 2.75) is 37.5 Å². The van der Waals surface area contributed by atoms with Crippen molar-refractivity contribution < 1.29 is 17.6 Å². The van der Waals surface area contributed by atoms with Gasteiger partial charge in [0.1, 0.15) is 11.5 Å². The molecule has 0 aliphatic rings. The molecule has 0 saturated carbocycles. The molecule has 0 radical (unpaired) electrons. The van der Waals surface area contributed by atoms with Crippen LogP contribution in [0.2, 0.25) is 0 Å². The molecule has 0 bridgehead atoms. The number of aryl methyl sites for hydroxylation is 4. The first-order valence-corrected chi connectivity index (χ1v) is 12.7. The van der Waals surface area contributed by atoms with Crippen molar-refractivity contribution >= 4 is 21.4 Å². The van der Waals surface area contributed by atoms with Gasteiger partial charge in [-0.05, 0) is 68.7 Å². The molecular weight excluding hydrogens is 479 g/mol. The van der Waals surface area contributed by atoms with E-state index in [0.717, 1.165) is 5.56 Å². The van der Waals surface area contributed by atoms with Gasteiger partial charge < -0.3 is 11.1 Å². The molecule has 1 atom stereocenters. The highest BCUT2D eigenvalue weighted by Crippen LogP contribution is 2.44. The van der Waals surface area contributed by atoms with Crippen LogP contribution < -0.4 is 11.1 Å². The zero-order valence-corrected chi connectivity index (χ0v) is 21.2. The largest absolute Gasteiger partial charge is 0.399 e. The number of anilines is 1. The number of nitrogens with zero attached hydrogens (tertiary/aromatic N) is 1. The van der Waals surface area contributed by atoms with Crippen LogP contribution in [-0.2, 0) is 14.7 Å². The van der Waals surface area contributed by atoms with E-state index in [0.29, 0.717) is 11.1 Å². The number of benzene rings is 3. The number of carbonyl (C=O) groups excluding carboxylic acids is 1. The SMILES string of the molecule is Cc1cc(C)c(C(NC(=O)c2ccn[nH]2)(c2cccc(C)c2F)S(=O)(=O)c2cccc(N)c2)c(C)c1. The van der Waals surface area contributed by atoms with Crippen molar-refractivity contribution in [3.63, 3.8) is 0 Å². The summed E-state index contributed by atoms with van der Waals surface area (Å²) in [4.78, 5) is 11.0. The third kappa shape index (κ3) is 4.05. The van der Waals surface area contributed by atoms with Crippen LogP contribution in [0.25, 0.3) is 0 Å². The predicted octanol–water partition coefficient (Wildman–Crippen LogP) is 4.47. The maximum atomic E-state index is 16.0. The molecule has 0 saturated heterocycles. The third-order valence-electron chi connectivity index (χ3n) is 6.21. The Morgan fingerprint density at radius 1 is 0.972 bits per heavy atom. The van der Waals surface area contributed by atoms with E-state index >= 15 is 4.39 Å². The lowest BCUT2D eigenvalue weighted by Crippen LogP contribution is -2.54. The van der Waals surface area contributed by atoms with Gasteiger partial charge in [-0.1, -0.05) is 42.0 Å². The number of rotatable bonds is 6. The zero-order chi connectivity index (χ0) is 26.3. The summed E-state index contributed by atoms with van der Waals surface area (Å²) in [5.41, 5.74) is 8.53. The molecule has 7 nitrogen and oxygen atoms in total. The summed E-state index contributed by atoms with van der Waals surface area (Å²) in [6.45, 7) is 6.92. The number of aromatic amines is 1. The van der Waals surface area contributed by atoms with Gasteiger partial charge in [-0.3, -0.25) is 9.89 Å². The number of nitrogens with one attached hydrogen (secondary N) is 2. The molecule has 3 aromatic carbocycles. The Balaban J connectivity index is 2.20. The van der Waals surface area contributed by atoms with Crippen molar-refractivity contribution in [2.75, 3.05) is 5.73 Å². The summed E-state index contributed by atoms with van der Waals surface area (Å²) < 4.78 is 45.4. The fourth-order valence-corrected chi connectivity index (χ4v) is 6.90. The second-order valence-corrected chi connectivity index (χ2v) is 11.0. The van der Waals surface area contributed by atoms with Gasteiger partial charge in [0.15, 0.2) is 0 Å². The Hall–Kier alpha value is -3.98. The average molecular weight is 507 g/mol. The lowest BCUT2D eigenvalue weighted by molar-refractivity contribution is 0.0927. The monoisotopic (exact) mass is 506 g/mol. The minimum atomic E-state index is -4.56. The lowest BCUT2D eigenvalue weighted by Gasteiger charge is -2.38. The van der Waals surface area contributed by atoms with Crippen LogP contribution in [0.1, 0.15) is 43.9 Å². The normalized spacial score (nSPS) is 13.2. The van der Waals surface area contributed by atoms with Crippen LogP contribution in [0, 0.1) is 33.5 Å². The molecule has 0 aliphatic carbocycles. The number of H-pyrrole nitrogens is 1. The molecule has 1 unspecified atom stereocenters. The maximum absolute atomic E-state index is 16.0. The highest BCUT2D eigenvalue weighted by atomic mass is 32.2. The van der Waals surface area contributed by atoms with Crippen LogP contribution in [0.5, 0.6) is 0 Å². The van der Waals surface area contributed by atoms with Gasteiger partial charge in [-0.15, -0.1) is 0 Å². The molecule has 4 N–H and O–H groups in total. The summed E-state index contributed by atoms with van der Waals surface area (Å²) in [6, 6.07) is 15.3. The van der Waals surface area contributed by atoms with Crippen molar-refractivity contribution in [3.8, 4) is 0 Å². The molecule has 4 rings (SSSR count). The Kier molecular flexibility index (Phi) is 6.44. The van der Waals surface area contributed by atoms with Gasteiger partial charge in [0.2, 0.25) is 14.7 Å². The van der Waals surface area contributed by atoms with Gasteiger partial charge in [0.25, 0.3) is 5.91 Å². The molecule has 1 aromatic heterocycles. The summed E-state index contributed by atoms with van der Waals surface area (Å²) in [5.74, 6) is -1.51. The van der Waals surface area contributed by atoms with E-state index in [1.165, 1.54) is 36.5 Å². The number of nitrogens with two attached hydrogens (primary N) is 1. The third-order valence-corrected chi connectivity index (χ3v) is 8.41. The smallest absolute Gasteiger partial charge is 0.271 e. The average Bonchev–Trinajstić information content (AvgIpc) is 3.34. The number of carbonyl (C=O) groups is 1. The maximum Gasteiger partial charge on any atom is 0.271 e. The van der Waals surface area contributed by atoms with Gasteiger partial charge in [0.05, 0.1) is 4.90 Å². The molecule has 1 heterocycles. The van der Waals surface area contributed by atoms with Crippen molar-refractivity contribution in [1.82, 2.24) is 15.5 Å². The van der Waals surface area contributed by atoms with E-state index in [4.69, 9.17) is 5.73 Å². The fourth-order valence-electron chi connectivity index (χ4n) is 4.73. The topological polar surface area (TPSA) is 118 Å². The summed E-state index contributed by atoms with van der Waals surface area (Å²) in [6.07, 6.45) is 1.37. The molecule has 0 spiro atoms. The summed E-state index contributed by atoms with van der Waals surface area (Å²) in [7, 11) is -4.56. The highest BCUT2D eigenvalue weighted by molar-refractivity contribution is 7.92. The van der Waals surface area contributed by atoms with Crippen LogP contribution in [0.4, 0.5) is 10.1 Å². The highest BCUT2D eigenvalue weighted by Gasteiger charge is 2.53. The molecule has 9 heteroatoms. The molecule has 1 amide bonds. The van der Waals surface area contributed by atoms with E-state index in [-0.39, 0.29) is 33.0 Å². The van der Waals surface area contributed by atoms with Crippen LogP contribution in [0.3, 0.4) is 0 Å². The van der Waals surface area contributed by atoms with Crippen molar-refractivity contribution in [1.29, 1.82) is 0 Å². The van der Waals surface area contributed by atoms with E-state index in [9.17, 15) is 13.2 Å². The quantitative estimate of drug-likeness (QED) is 0.334. The van der Waals surface area contributed by atoms with Crippen molar-refractivity contribution in [3.05, 3.63) is 112 Å². The Morgan fingerprint density at radius 3 is 2.25 bits per heavy atom. The number of sulfone groups is 1. The van der Waals surface area contributed by atoms with E-state index in [1.54, 1.807) is 39.0 Å². The number of halogens is 1. The number of nitrogen functional groups attached to an aromatic ring is 1. The van der Waals surface area contributed by atoms with Crippen LogP contribution >= 0.6 is 0 Å². The van der Waals surface area contributed by atoms with E-state index in [2.05, 4.69) is 15.5 Å². The molecule has 0 fully saturated rings. The van der Waals surface area contributed by atoms with Crippen LogP contribution in [0.15, 0.2) is 71.8 Å². The second kappa shape index (κ2) is 9.23. The number of hydrogen-bond donors (Lipinski definition) is 3. The molecular formula is C27H27FN4O3S. The number of aromatic nitrogens is 2. The molecule has 0 aliphatic heterocycles.